The monoisotopic (exact) mass is 261 g/mol. The molecular formula is C16H23NO2. The first kappa shape index (κ1) is 14.1. The first-order valence-corrected chi connectivity index (χ1v) is 7.03. The van der Waals surface area contributed by atoms with E-state index in [1.54, 1.807) is 4.90 Å². The number of amides is 1. The number of hydrogen-bond acceptors (Lipinski definition) is 2. The zero-order valence-electron chi connectivity index (χ0n) is 12.0. The Morgan fingerprint density at radius 1 is 1.42 bits per heavy atom. The Balaban J connectivity index is 2.10. The molecule has 104 valence electrons. The molecule has 1 N–H and O–H groups in total. The lowest BCUT2D eigenvalue weighted by Gasteiger charge is -2.32. The molecule has 19 heavy (non-hydrogen) atoms. The molecular weight excluding hydrogens is 238 g/mol. The number of carbonyl (C=O) groups is 1. The van der Waals surface area contributed by atoms with Crippen LogP contribution in [0.2, 0.25) is 0 Å². The van der Waals surface area contributed by atoms with Crippen molar-refractivity contribution in [3.05, 3.63) is 34.9 Å². The standard InChI is InChI=1S/C16H23NO2/c1-11-6-7-12(2)14(9-11)15(18)10-17-8-4-5-13(3)16(17)19/h6-7,9,13,15,18H,4-5,8,10H2,1-3H3. The van der Waals surface area contributed by atoms with E-state index in [0.29, 0.717) is 6.54 Å². The molecule has 1 fully saturated rings. The fourth-order valence-corrected chi connectivity index (χ4v) is 2.74. The number of aliphatic hydroxyl groups excluding tert-OH is 1. The minimum atomic E-state index is -0.589. The molecule has 2 unspecified atom stereocenters. The van der Waals surface area contributed by atoms with E-state index in [0.717, 1.165) is 36.1 Å². The highest BCUT2D eigenvalue weighted by atomic mass is 16.3. The number of aryl methyl sites for hydroxylation is 2. The fourth-order valence-electron chi connectivity index (χ4n) is 2.74. The Hall–Kier alpha value is -1.35. The maximum atomic E-state index is 12.1. The molecule has 0 radical (unpaired) electrons. The molecule has 1 aromatic carbocycles. The number of nitrogens with zero attached hydrogens (tertiary/aromatic N) is 1. The average Bonchev–Trinajstić information content (AvgIpc) is 2.38. The molecule has 1 aromatic rings. The molecule has 0 saturated carbocycles. The second kappa shape index (κ2) is 5.74. The van der Waals surface area contributed by atoms with Crippen LogP contribution < -0.4 is 0 Å². The Morgan fingerprint density at radius 2 is 2.16 bits per heavy atom. The SMILES string of the molecule is Cc1ccc(C)c(C(O)CN2CCCC(C)C2=O)c1. The van der Waals surface area contributed by atoms with Crippen molar-refractivity contribution in [2.24, 2.45) is 5.92 Å². The molecule has 1 aliphatic rings. The topological polar surface area (TPSA) is 40.5 Å². The molecule has 1 heterocycles. The third-order valence-corrected chi connectivity index (χ3v) is 3.99. The van der Waals surface area contributed by atoms with Crippen LogP contribution in [0.3, 0.4) is 0 Å². The molecule has 0 bridgehead atoms. The normalized spacial score (nSPS) is 21.6. The van der Waals surface area contributed by atoms with Crippen LogP contribution in [0.15, 0.2) is 18.2 Å². The molecule has 0 aliphatic carbocycles. The molecule has 3 nitrogen and oxygen atoms in total. The van der Waals surface area contributed by atoms with E-state index in [9.17, 15) is 9.90 Å². The Labute approximate surface area is 115 Å². The van der Waals surface area contributed by atoms with Gasteiger partial charge in [-0.1, -0.05) is 30.7 Å². The van der Waals surface area contributed by atoms with Crippen LogP contribution in [0, 0.1) is 19.8 Å². The highest BCUT2D eigenvalue weighted by molar-refractivity contribution is 5.79. The lowest BCUT2D eigenvalue weighted by Crippen LogP contribution is -2.42. The predicted molar refractivity (Wildman–Crippen MR) is 75.9 cm³/mol. The highest BCUT2D eigenvalue weighted by Crippen LogP contribution is 2.23. The van der Waals surface area contributed by atoms with Crippen molar-refractivity contribution >= 4 is 5.91 Å². The van der Waals surface area contributed by atoms with Crippen molar-refractivity contribution in [1.82, 2.24) is 4.90 Å². The van der Waals surface area contributed by atoms with Gasteiger partial charge in [0.15, 0.2) is 0 Å². The van der Waals surface area contributed by atoms with Crippen molar-refractivity contribution in [3.63, 3.8) is 0 Å². The summed E-state index contributed by atoms with van der Waals surface area (Å²) in [5.41, 5.74) is 3.15. The van der Waals surface area contributed by atoms with Gasteiger partial charge in [0.2, 0.25) is 5.91 Å². The fraction of sp³-hybridized carbons (Fsp3) is 0.562. The van der Waals surface area contributed by atoms with Gasteiger partial charge in [-0.15, -0.1) is 0 Å². The van der Waals surface area contributed by atoms with Crippen LogP contribution in [0.5, 0.6) is 0 Å². The average molecular weight is 261 g/mol. The zero-order valence-corrected chi connectivity index (χ0v) is 12.0. The van der Waals surface area contributed by atoms with Gasteiger partial charge in [-0.3, -0.25) is 4.79 Å². The third-order valence-electron chi connectivity index (χ3n) is 3.99. The van der Waals surface area contributed by atoms with Crippen molar-refractivity contribution in [1.29, 1.82) is 0 Å². The van der Waals surface area contributed by atoms with Crippen LogP contribution in [0.4, 0.5) is 0 Å². The molecule has 3 heteroatoms. The molecule has 1 saturated heterocycles. The van der Waals surface area contributed by atoms with Crippen LogP contribution in [-0.2, 0) is 4.79 Å². The number of benzene rings is 1. The van der Waals surface area contributed by atoms with Gasteiger partial charge in [0.25, 0.3) is 0 Å². The second-order valence-electron chi connectivity index (χ2n) is 5.70. The smallest absolute Gasteiger partial charge is 0.225 e. The van der Waals surface area contributed by atoms with Gasteiger partial charge >= 0.3 is 0 Å². The van der Waals surface area contributed by atoms with E-state index in [1.165, 1.54) is 0 Å². The summed E-state index contributed by atoms with van der Waals surface area (Å²) >= 11 is 0. The first-order chi connectivity index (χ1) is 8.99. The highest BCUT2D eigenvalue weighted by Gasteiger charge is 2.27. The van der Waals surface area contributed by atoms with Gasteiger partial charge in [0.1, 0.15) is 0 Å². The number of rotatable bonds is 3. The van der Waals surface area contributed by atoms with E-state index < -0.39 is 6.10 Å². The summed E-state index contributed by atoms with van der Waals surface area (Å²) in [7, 11) is 0. The van der Waals surface area contributed by atoms with Crippen molar-refractivity contribution < 1.29 is 9.90 Å². The minimum absolute atomic E-state index is 0.0968. The molecule has 2 rings (SSSR count). The molecule has 2 atom stereocenters. The summed E-state index contributed by atoms with van der Waals surface area (Å²) < 4.78 is 0. The quantitative estimate of drug-likeness (QED) is 0.908. The van der Waals surface area contributed by atoms with Crippen LogP contribution in [0.25, 0.3) is 0 Å². The maximum absolute atomic E-state index is 12.1. The minimum Gasteiger partial charge on any atom is -0.387 e. The lowest BCUT2D eigenvalue weighted by atomic mass is 9.96. The Kier molecular flexibility index (Phi) is 4.25. The van der Waals surface area contributed by atoms with Gasteiger partial charge in [0.05, 0.1) is 12.6 Å². The van der Waals surface area contributed by atoms with E-state index in [4.69, 9.17) is 0 Å². The van der Waals surface area contributed by atoms with E-state index in [1.807, 2.05) is 39.0 Å². The molecule has 0 aromatic heterocycles. The number of likely N-dealkylation sites (tertiary alicyclic amines) is 1. The molecule has 1 amide bonds. The summed E-state index contributed by atoms with van der Waals surface area (Å²) in [6, 6.07) is 6.08. The van der Waals surface area contributed by atoms with E-state index in [2.05, 4.69) is 0 Å². The van der Waals surface area contributed by atoms with Crippen LogP contribution in [0.1, 0.15) is 42.6 Å². The van der Waals surface area contributed by atoms with Gasteiger partial charge < -0.3 is 10.0 Å². The van der Waals surface area contributed by atoms with Gasteiger partial charge in [-0.05, 0) is 37.8 Å². The number of carbonyl (C=O) groups excluding carboxylic acids is 1. The summed E-state index contributed by atoms with van der Waals surface area (Å²) in [6.07, 6.45) is 1.41. The summed E-state index contributed by atoms with van der Waals surface area (Å²) in [6.45, 7) is 7.17. The van der Waals surface area contributed by atoms with E-state index in [-0.39, 0.29) is 11.8 Å². The lowest BCUT2D eigenvalue weighted by molar-refractivity contribution is -0.139. The number of piperidine rings is 1. The van der Waals surface area contributed by atoms with Crippen molar-refractivity contribution in [3.8, 4) is 0 Å². The zero-order chi connectivity index (χ0) is 14.0. The van der Waals surface area contributed by atoms with Crippen LogP contribution >= 0.6 is 0 Å². The maximum Gasteiger partial charge on any atom is 0.225 e. The largest absolute Gasteiger partial charge is 0.387 e. The number of β-amino-alcohol motifs (C(OH)–C–C–N with tert-alkyl or cyclic N) is 1. The Bertz CT molecular complexity index is 470. The van der Waals surface area contributed by atoms with Gasteiger partial charge in [0, 0.05) is 12.5 Å². The number of aliphatic hydroxyl groups is 1. The summed E-state index contributed by atoms with van der Waals surface area (Å²) in [5, 5.41) is 10.4. The molecule has 0 spiro atoms. The van der Waals surface area contributed by atoms with Crippen molar-refractivity contribution in [2.75, 3.05) is 13.1 Å². The van der Waals surface area contributed by atoms with Crippen LogP contribution in [-0.4, -0.2) is 29.0 Å². The van der Waals surface area contributed by atoms with Gasteiger partial charge in [-0.25, -0.2) is 0 Å². The summed E-state index contributed by atoms with van der Waals surface area (Å²) in [5.74, 6) is 0.273. The predicted octanol–water partition coefficient (Wildman–Crippen LogP) is 2.60. The van der Waals surface area contributed by atoms with Gasteiger partial charge in [-0.2, -0.15) is 0 Å². The molecule has 1 aliphatic heterocycles. The second-order valence-corrected chi connectivity index (χ2v) is 5.70. The Morgan fingerprint density at radius 3 is 2.89 bits per heavy atom. The first-order valence-electron chi connectivity index (χ1n) is 7.03. The van der Waals surface area contributed by atoms with Crippen molar-refractivity contribution in [2.45, 2.75) is 39.7 Å². The van der Waals surface area contributed by atoms with E-state index >= 15 is 0 Å². The summed E-state index contributed by atoms with van der Waals surface area (Å²) in [4.78, 5) is 13.9. The third kappa shape index (κ3) is 3.16. The number of hydrogen-bond donors (Lipinski definition) is 1.